The highest BCUT2D eigenvalue weighted by Gasteiger charge is 2.40. The van der Waals surface area contributed by atoms with Crippen LogP contribution in [0.4, 0.5) is 0 Å². The number of aryl methyl sites for hydroxylation is 1. The summed E-state index contributed by atoms with van der Waals surface area (Å²) in [7, 11) is 0. The lowest BCUT2D eigenvalue weighted by Gasteiger charge is -2.10. The smallest absolute Gasteiger partial charge is 0.123 e. The van der Waals surface area contributed by atoms with Crippen LogP contribution in [0.5, 0.6) is 5.75 Å². The number of hydrogen-bond acceptors (Lipinski definition) is 2. The highest BCUT2D eigenvalue weighted by molar-refractivity contribution is 5.28. The minimum Gasteiger partial charge on any atom is -0.490 e. The lowest BCUT2D eigenvalue weighted by atomic mass is 10.0. The summed E-state index contributed by atoms with van der Waals surface area (Å²) < 4.78 is 11.2. The number of epoxide rings is 1. The van der Waals surface area contributed by atoms with E-state index < -0.39 is 0 Å². The van der Waals surface area contributed by atoms with E-state index in [0.29, 0.717) is 6.61 Å². The van der Waals surface area contributed by atoms with Gasteiger partial charge in [0.25, 0.3) is 0 Å². The fraction of sp³-hybridized carbons (Fsp3) is 0.692. The second kappa shape index (κ2) is 13.8. The van der Waals surface area contributed by atoms with Gasteiger partial charge < -0.3 is 9.47 Å². The van der Waals surface area contributed by atoms with Gasteiger partial charge in [-0.25, -0.2) is 0 Å². The van der Waals surface area contributed by atoms with Crippen LogP contribution in [0.1, 0.15) is 96.0 Å². The Morgan fingerprint density at radius 3 is 2.07 bits per heavy atom. The van der Waals surface area contributed by atoms with Crippen LogP contribution in [-0.2, 0) is 11.2 Å². The van der Waals surface area contributed by atoms with Crippen molar-refractivity contribution in [1.82, 2.24) is 0 Å². The molecule has 1 aliphatic rings. The molecule has 1 aromatic carbocycles. The Hall–Kier alpha value is -1.28. The molecule has 0 amide bonds. The molecule has 0 aromatic heterocycles. The molecule has 1 atom stereocenters. The molecule has 1 heterocycles. The highest BCUT2D eigenvalue weighted by Crippen LogP contribution is 2.27. The molecule has 2 nitrogen and oxygen atoms in total. The molecule has 0 radical (unpaired) electrons. The predicted molar refractivity (Wildman–Crippen MR) is 120 cm³/mol. The van der Waals surface area contributed by atoms with Crippen LogP contribution >= 0.6 is 0 Å². The van der Waals surface area contributed by atoms with Crippen LogP contribution < -0.4 is 4.74 Å². The van der Waals surface area contributed by atoms with Crippen molar-refractivity contribution < 1.29 is 9.47 Å². The van der Waals surface area contributed by atoms with E-state index in [2.05, 4.69) is 37.8 Å². The number of ether oxygens (including phenoxy) is 2. The van der Waals surface area contributed by atoms with Crippen molar-refractivity contribution in [1.29, 1.82) is 0 Å². The van der Waals surface area contributed by atoms with Crippen LogP contribution in [0.3, 0.4) is 0 Å². The average Bonchev–Trinajstić information content (AvgIpc) is 3.45. The zero-order valence-corrected chi connectivity index (χ0v) is 18.2. The first-order valence-corrected chi connectivity index (χ1v) is 11.7. The molecule has 1 saturated heterocycles. The molecule has 1 aromatic rings. The van der Waals surface area contributed by atoms with Gasteiger partial charge in [0.1, 0.15) is 18.0 Å². The van der Waals surface area contributed by atoms with E-state index in [9.17, 15) is 0 Å². The standard InChI is InChI=1S/C26H42O2/c1-3-4-5-6-7-8-9-10-11-12-13-14-15-16-18-24-19-17-20-25(21-24)27-22-26(2)23-28-26/h3,17,19-21H,1,4-16,18,22-23H2,2H3. The van der Waals surface area contributed by atoms with Crippen molar-refractivity contribution in [2.75, 3.05) is 13.2 Å². The maximum absolute atomic E-state index is 5.87. The normalized spacial score (nSPS) is 18.2. The van der Waals surface area contributed by atoms with Crippen molar-refractivity contribution in [3.63, 3.8) is 0 Å². The average molecular weight is 387 g/mol. The largest absolute Gasteiger partial charge is 0.490 e. The Bertz CT molecular complexity index is 533. The molecule has 2 heteroatoms. The minimum atomic E-state index is -0.0403. The molecule has 0 spiro atoms. The van der Waals surface area contributed by atoms with Crippen molar-refractivity contribution in [2.24, 2.45) is 0 Å². The quantitative estimate of drug-likeness (QED) is 0.147. The number of unbranched alkanes of at least 4 members (excludes halogenated alkanes) is 12. The Kier molecular flexibility index (Phi) is 11.4. The first-order chi connectivity index (χ1) is 13.7. The van der Waals surface area contributed by atoms with E-state index in [0.717, 1.165) is 18.8 Å². The second-order valence-electron chi connectivity index (χ2n) is 8.74. The van der Waals surface area contributed by atoms with Crippen LogP contribution in [0, 0.1) is 0 Å². The van der Waals surface area contributed by atoms with Gasteiger partial charge in [-0.15, -0.1) is 6.58 Å². The van der Waals surface area contributed by atoms with Gasteiger partial charge in [-0.1, -0.05) is 82.4 Å². The van der Waals surface area contributed by atoms with Crippen LogP contribution in [0.15, 0.2) is 36.9 Å². The van der Waals surface area contributed by atoms with Crippen LogP contribution in [0.25, 0.3) is 0 Å². The van der Waals surface area contributed by atoms with E-state index in [-0.39, 0.29) is 5.60 Å². The number of allylic oxidation sites excluding steroid dienone is 1. The molecule has 1 unspecified atom stereocenters. The number of benzene rings is 1. The third kappa shape index (κ3) is 10.9. The van der Waals surface area contributed by atoms with Crippen LogP contribution in [-0.4, -0.2) is 18.8 Å². The number of hydrogen-bond donors (Lipinski definition) is 0. The van der Waals surface area contributed by atoms with Crippen molar-refractivity contribution in [3.8, 4) is 5.75 Å². The van der Waals surface area contributed by atoms with E-state index in [1.165, 1.54) is 89.0 Å². The minimum absolute atomic E-state index is 0.0403. The Morgan fingerprint density at radius 1 is 0.929 bits per heavy atom. The van der Waals surface area contributed by atoms with Gasteiger partial charge in [-0.05, 0) is 50.3 Å². The first-order valence-electron chi connectivity index (χ1n) is 11.7. The third-order valence-corrected chi connectivity index (χ3v) is 5.70. The topological polar surface area (TPSA) is 21.8 Å². The predicted octanol–water partition coefficient (Wildman–Crippen LogP) is 7.65. The van der Waals surface area contributed by atoms with Gasteiger partial charge in [0.2, 0.25) is 0 Å². The summed E-state index contributed by atoms with van der Waals surface area (Å²) in [5.74, 6) is 0.981. The van der Waals surface area contributed by atoms with Gasteiger partial charge in [-0.3, -0.25) is 0 Å². The molecule has 0 aliphatic carbocycles. The molecular weight excluding hydrogens is 344 g/mol. The second-order valence-corrected chi connectivity index (χ2v) is 8.74. The van der Waals surface area contributed by atoms with Crippen molar-refractivity contribution in [3.05, 3.63) is 42.5 Å². The first kappa shape index (κ1) is 23.0. The zero-order valence-electron chi connectivity index (χ0n) is 18.2. The molecule has 0 bridgehead atoms. The fourth-order valence-electron chi connectivity index (χ4n) is 3.62. The summed E-state index contributed by atoms with van der Waals surface area (Å²) in [6.45, 7) is 7.36. The molecule has 158 valence electrons. The molecule has 0 N–H and O–H groups in total. The summed E-state index contributed by atoms with van der Waals surface area (Å²) in [5.41, 5.74) is 1.36. The summed E-state index contributed by atoms with van der Waals surface area (Å²) >= 11 is 0. The Balaban J connectivity index is 1.39. The van der Waals surface area contributed by atoms with E-state index in [1.54, 1.807) is 0 Å². The fourth-order valence-corrected chi connectivity index (χ4v) is 3.62. The summed E-state index contributed by atoms with van der Waals surface area (Å²) in [5, 5.41) is 0. The van der Waals surface area contributed by atoms with Gasteiger partial charge in [0, 0.05) is 0 Å². The maximum atomic E-state index is 5.87. The van der Waals surface area contributed by atoms with Crippen LogP contribution in [0.2, 0.25) is 0 Å². The summed E-state index contributed by atoms with van der Waals surface area (Å²) in [4.78, 5) is 0. The summed E-state index contributed by atoms with van der Waals surface area (Å²) in [6.07, 6.45) is 21.1. The lowest BCUT2D eigenvalue weighted by molar-refractivity contribution is 0.202. The van der Waals surface area contributed by atoms with E-state index in [1.807, 2.05) is 6.08 Å². The van der Waals surface area contributed by atoms with Gasteiger partial charge >= 0.3 is 0 Å². The van der Waals surface area contributed by atoms with Gasteiger partial charge in [0.15, 0.2) is 0 Å². The SMILES string of the molecule is C=CCCCCCCCCCCCCCCc1cccc(OCC2(C)CO2)c1. The molecule has 1 fully saturated rings. The molecule has 2 rings (SSSR count). The van der Waals surface area contributed by atoms with Crippen molar-refractivity contribution >= 4 is 0 Å². The molecule has 28 heavy (non-hydrogen) atoms. The van der Waals surface area contributed by atoms with E-state index in [4.69, 9.17) is 9.47 Å². The highest BCUT2D eigenvalue weighted by atomic mass is 16.6. The van der Waals surface area contributed by atoms with E-state index >= 15 is 0 Å². The number of rotatable bonds is 18. The zero-order chi connectivity index (χ0) is 19.9. The maximum Gasteiger partial charge on any atom is 0.123 e. The van der Waals surface area contributed by atoms with Gasteiger partial charge in [-0.2, -0.15) is 0 Å². The molecular formula is C26H42O2. The lowest BCUT2D eigenvalue weighted by Crippen LogP contribution is -2.16. The third-order valence-electron chi connectivity index (χ3n) is 5.70. The van der Waals surface area contributed by atoms with Crippen molar-refractivity contribution in [2.45, 2.75) is 102 Å². The Labute approximate surface area is 173 Å². The monoisotopic (exact) mass is 386 g/mol. The molecule has 0 saturated carbocycles. The van der Waals surface area contributed by atoms with Gasteiger partial charge in [0.05, 0.1) is 6.61 Å². The Morgan fingerprint density at radius 2 is 1.50 bits per heavy atom. The summed E-state index contributed by atoms with van der Waals surface area (Å²) in [6, 6.07) is 8.58. The molecule has 1 aliphatic heterocycles.